The number of carbonyl (C=O) groups is 1. The summed E-state index contributed by atoms with van der Waals surface area (Å²) < 4.78 is 10.7. The number of halogens is 2. The topological polar surface area (TPSA) is 47.6 Å². The monoisotopic (exact) mass is 367 g/mol. The van der Waals surface area contributed by atoms with Gasteiger partial charge in [0.1, 0.15) is 11.5 Å². The third kappa shape index (κ3) is 4.79. The van der Waals surface area contributed by atoms with Crippen molar-refractivity contribution in [3.8, 4) is 11.5 Å². The van der Waals surface area contributed by atoms with Crippen LogP contribution in [0.1, 0.15) is 25.5 Å². The molecule has 4 nitrogen and oxygen atoms in total. The number of benzene rings is 2. The lowest BCUT2D eigenvalue weighted by Gasteiger charge is -2.20. The first-order valence-corrected chi connectivity index (χ1v) is 8.22. The molecule has 0 aromatic heterocycles. The van der Waals surface area contributed by atoms with E-state index in [4.69, 9.17) is 32.7 Å². The van der Waals surface area contributed by atoms with Crippen molar-refractivity contribution in [2.45, 2.75) is 26.0 Å². The van der Waals surface area contributed by atoms with Crippen LogP contribution in [0.3, 0.4) is 0 Å². The number of nitrogens with one attached hydrogen (secondary N) is 1. The summed E-state index contributed by atoms with van der Waals surface area (Å²) in [6.45, 7) is 3.54. The molecule has 2 aromatic rings. The van der Waals surface area contributed by atoms with Crippen LogP contribution in [-0.2, 0) is 4.79 Å². The Morgan fingerprint density at radius 3 is 2.25 bits per heavy atom. The summed E-state index contributed by atoms with van der Waals surface area (Å²) in [6, 6.07) is 12.0. The van der Waals surface area contributed by atoms with Crippen LogP contribution < -0.4 is 14.8 Å². The number of hydrogen-bond donors (Lipinski definition) is 1. The summed E-state index contributed by atoms with van der Waals surface area (Å²) >= 11 is 12.1. The highest BCUT2D eigenvalue weighted by Crippen LogP contribution is 2.26. The molecule has 0 bridgehead atoms. The lowest BCUT2D eigenvalue weighted by Crippen LogP contribution is -2.37. The van der Waals surface area contributed by atoms with Crippen LogP contribution in [0.5, 0.6) is 11.5 Å². The second kappa shape index (κ2) is 8.27. The lowest BCUT2D eigenvalue weighted by atomic mass is 10.1. The summed E-state index contributed by atoms with van der Waals surface area (Å²) in [7, 11) is 1.59. The number of ether oxygens (including phenoxy) is 2. The highest BCUT2D eigenvalue weighted by molar-refractivity contribution is 6.35. The molecule has 2 unspecified atom stereocenters. The molecule has 2 aromatic carbocycles. The Morgan fingerprint density at radius 1 is 1.04 bits per heavy atom. The standard InChI is InChI=1S/C18H19Cl2NO3/c1-11(16-9-4-13(19)10-17(16)20)21-18(22)12(2)24-15-7-5-14(23-3)6-8-15/h4-12H,1-3H3,(H,21,22). The second-order valence-corrected chi connectivity index (χ2v) is 6.18. The van der Waals surface area contributed by atoms with Crippen molar-refractivity contribution in [1.82, 2.24) is 5.32 Å². The highest BCUT2D eigenvalue weighted by atomic mass is 35.5. The fraction of sp³-hybridized carbons (Fsp3) is 0.278. The lowest BCUT2D eigenvalue weighted by molar-refractivity contribution is -0.127. The van der Waals surface area contributed by atoms with Gasteiger partial charge in [0.2, 0.25) is 0 Å². The molecule has 0 aliphatic carbocycles. The van der Waals surface area contributed by atoms with Gasteiger partial charge >= 0.3 is 0 Å². The minimum absolute atomic E-state index is 0.232. The predicted octanol–water partition coefficient (Wildman–Crippen LogP) is 4.65. The Labute approximate surface area is 151 Å². The predicted molar refractivity (Wildman–Crippen MR) is 96.1 cm³/mol. The maximum absolute atomic E-state index is 12.3. The van der Waals surface area contributed by atoms with E-state index in [1.165, 1.54) is 0 Å². The number of carbonyl (C=O) groups excluding carboxylic acids is 1. The van der Waals surface area contributed by atoms with Gasteiger partial charge in [-0.3, -0.25) is 4.79 Å². The Bertz CT molecular complexity index is 704. The van der Waals surface area contributed by atoms with Gasteiger partial charge in [-0.2, -0.15) is 0 Å². The van der Waals surface area contributed by atoms with Crippen LogP contribution in [0.15, 0.2) is 42.5 Å². The molecule has 24 heavy (non-hydrogen) atoms. The molecule has 128 valence electrons. The Morgan fingerprint density at radius 2 is 1.67 bits per heavy atom. The van der Waals surface area contributed by atoms with Gasteiger partial charge in [-0.05, 0) is 55.8 Å². The molecule has 0 spiro atoms. The molecule has 0 radical (unpaired) electrons. The van der Waals surface area contributed by atoms with Gasteiger partial charge in [-0.25, -0.2) is 0 Å². The van der Waals surface area contributed by atoms with E-state index in [1.807, 2.05) is 6.92 Å². The van der Waals surface area contributed by atoms with E-state index >= 15 is 0 Å². The van der Waals surface area contributed by atoms with Gasteiger partial charge in [-0.1, -0.05) is 29.3 Å². The van der Waals surface area contributed by atoms with Gasteiger partial charge in [0.25, 0.3) is 5.91 Å². The summed E-state index contributed by atoms with van der Waals surface area (Å²) in [5.74, 6) is 1.09. The zero-order chi connectivity index (χ0) is 17.7. The van der Waals surface area contributed by atoms with Gasteiger partial charge in [0.05, 0.1) is 13.2 Å². The molecule has 0 saturated carbocycles. The minimum atomic E-state index is -0.646. The highest BCUT2D eigenvalue weighted by Gasteiger charge is 2.19. The first-order chi connectivity index (χ1) is 11.4. The Balaban J connectivity index is 1.97. The molecule has 0 saturated heterocycles. The number of rotatable bonds is 6. The maximum atomic E-state index is 12.3. The first-order valence-electron chi connectivity index (χ1n) is 7.46. The normalized spacial score (nSPS) is 13.0. The zero-order valence-electron chi connectivity index (χ0n) is 13.7. The Hall–Kier alpha value is -1.91. The molecule has 0 aliphatic heterocycles. The smallest absolute Gasteiger partial charge is 0.261 e. The SMILES string of the molecule is COc1ccc(OC(C)C(=O)NC(C)c2ccc(Cl)cc2Cl)cc1. The van der Waals surface area contributed by atoms with Crippen molar-refractivity contribution in [2.24, 2.45) is 0 Å². The van der Waals surface area contributed by atoms with E-state index in [1.54, 1.807) is 56.5 Å². The molecule has 0 aliphatic rings. The van der Waals surface area contributed by atoms with E-state index in [2.05, 4.69) is 5.32 Å². The van der Waals surface area contributed by atoms with Gasteiger partial charge in [-0.15, -0.1) is 0 Å². The number of hydrogen-bond acceptors (Lipinski definition) is 3. The van der Waals surface area contributed by atoms with Crippen LogP contribution in [0, 0.1) is 0 Å². The van der Waals surface area contributed by atoms with Crippen molar-refractivity contribution < 1.29 is 14.3 Å². The third-order valence-corrected chi connectivity index (χ3v) is 4.09. The second-order valence-electron chi connectivity index (χ2n) is 5.33. The third-order valence-electron chi connectivity index (χ3n) is 3.53. The first kappa shape index (κ1) is 18.4. The Kier molecular flexibility index (Phi) is 6.35. The van der Waals surface area contributed by atoms with E-state index < -0.39 is 6.10 Å². The molecule has 0 fully saturated rings. The molecular weight excluding hydrogens is 349 g/mol. The van der Waals surface area contributed by atoms with Crippen LogP contribution in [0.4, 0.5) is 0 Å². The van der Waals surface area contributed by atoms with Crippen LogP contribution in [0.25, 0.3) is 0 Å². The van der Waals surface area contributed by atoms with Crippen molar-refractivity contribution in [1.29, 1.82) is 0 Å². The molecule has 2 atom stereocenters. The summed E-state index contributed by atoms with van der Waals surface area (Å²) in [4.78, 5) is 12.3. The fourth-order valence-electron chi connectivity index (χ4n) is 2.17. The van der Waals surface area contributed by atoms with Crippen molar-refractivity contribution in [2.75, 3.05) is 7.11 Å². The van der Waals surface area contributed by atoms with Crippen LogP contribution in [0.2, 0.25) is 10.0 Å². The summed E-state index contributed by atoms with van der Waals surface area (Å²) in [6.07, 6.45) is -0.646. The number of methoxy groups -OCH3 is 1. The maximum Gasteiger partial charge on any atom is 0.261 e. The van der Waals surface area contributed by atoms with Crippen LogP contribution >= 0.6 is 23.2 Å². The zero-order valence-corrected chi connectivity index (χ0v) is 15.2. The van der Waals surface area contributed by atoms with E-state index in [0.29, 0.717) is 15.8 Å². The van der Waals surface area contributed by atoms with E-state index in [-0.39, 0.29) is 11.9 Å². The average Bonchev–Trinajstić information content (AvgIpc) is 2.55. The van der Waals surface area contributed by atoms with Crippen molar-refractivity contribution in [3.63, 3.8) is 0 Å². The number of amides is 1. The summed E-state index contributed by atoms with van der Waals surface area (Å²) in [5, 5.41) is 3.95. The van der Waals surface area contributed by atoms with Gasteiger partial charge < -0.3 is 14.8 Å². The average molecular weight is 368 g/mol. The largest absolute Gasteiger partial charge is 0.497 e. The molecule has 0 heterocycles. The quantitative estimate of drug-likeness (QED) is 0.808. The van der Waals surface area contributed by atoms with Gasteiger partial charge in [0.15, 0.2) is 6.10 Å². The van der Waals surface area contributed by atoms with Crippen molar-refractivity contribution in [3.05, 3.63) is 58.1 Å². The van der Waals surface area contributed by atoms with Gasteiger partial charge in [0, 0.05) is 10.0 Å². The molecule has 6 heteroatoms. The van der Waals surface area contributed by atoms with Crippen LogP contribution in [-0.4, -0.2) is 19.1 Å². The molecule has 2 rings (SSSR count). The van der Waals surface area contributed by atoms with E-state index in [9.17, 15) is 4.79 Å². The molecular formula is C18H19Cl2NO3. The summed E-state index contributed by atoms with van der Waals surface area (Å²) in [5.41, 5.74) is 0.797. The van der Waals surface area contributed by atoms with Crippen molar-refractivity contribution >= 4 is 29.1 Å². The minimum Gasteiger partial charge on any atom is -0.497 e. The van der Waals surface area contributed by atoms with E-state index in [0.717, 1.165) is 11.3 Å². The molecule has 1 amide bonds. The molecule has 1 N–H and O–H groups in total. The fourth-order valence-corrected chi connectivity index (χ4v) is 2.75.